The van der Waals surface area contributed by atoms with Crippen molar-refractivity contribution in [3.8, 4) is 0 Å². The van der Waals surface area contributed by atoms with Gasteiger partial charge in [-0.3, -0.25) is 0 Å². The highest BCUT2D eigenvalue weighted by Gasteiger charge is 2.26. The first kappa shape index (κ1) is 12.6. The highest BCUT2D eigenvalue weighted by atomic mass is 16.5. The number of hydrogen-bond donors (Lipinski definition) is 2. The summed E-state index contributed by atoms with van der Waals surface area (Å²) in [5.41, 5.74) is 6.31. The molecule has 18 heavy (non-hydrogen) atoms. The van der Waals surface area contributed by atoms with Gasteiger partial charge in [-0.25, -0.2) is 9.78 Å². The molecule has 0 radical (unpaired) electrons. The molecule has 98 valence electrons. The van der Waals surface area contributed by atoms with Crippen molar-refractivity contribution in [1.82, 2.24) is 4.98 Å². The van der Waals surface area contributed by atoms with Gasteiger partial charge >= 0.3 is 5.97 Å². The molecule has 0 aliphatic carbocycles. The van der Waals surface area contributed by atoms with E-state index in [1.165, 1.54) is 13.3 Å². The Morgan fingerprint density at radius 1 is 1.72 bits per heavy atom. The normalized spacial score (nSPS) is 19.0. The van der Waals surface area contributed by atoms with Crippen molar-refractivity contribution in [1.29, 1.82) is 0 Å². The fourth-order valence-electron chi connectivity index (χ4n) is 2.23. The predicted octanol–water partition coefficient (Wildman–Crippen LogP) is 0.411. The molecular weight excluding hydrogens is 234 g/mol. The van der Waals surface area contributed by atoms with Crippen molar-refractivity contribution >= 4 is 17.5 Å². The number of aliphatic hydroxyl groups excluding tert-OH is 1. The predicted molar refractivity (Wildman–Crippen MR) is 67.4 cm³/mol. The van der Waals surface area contributed by atoms with E-state index in [9.17, 15) is 9.90 Å². The second kappa shape index (κ2) is 5.22. The summed E-state index contributed by atoms with van der Waals surface area (Å²) in [6.07, 6.45) is 3.38. The van der Waals surface area contributed by atoms with Crippen molar-refractivity contribution in [2.75, 3.05) is 30.9 Å². The van der Waals surface area contributed by atoms with Crippen molar-refractivity contribution in [3.05, 3.63) is 17.8 Å². The lowest BCUT2D eigenvalue weighted by molar-refractivity contribution is 0.0602. The van der Waals surface area contributed by atoms with Crippen LogP contribution in [0.2, 0.25) is 0 Å². The summed E-state index contributed by atoms with van der Waals surface area (Å²) in [5, 5.41) is 9.29. The molecular formula is C12H17N3O3. The Morgan fingerprint density at radius 3 is 3.17 bits per heavy atom. The van der Waals surface area contributed by atoms with Crippen molar-refractivity contribution in [3.63, 3.8) is 0 Å². The lowest BCUT2D eigenvalue weighted by Crippen LogP contribution is -2.32. The maximum atomic E-state index is 11.6. The molecule has 0 amide bonds. The zero-order valence-electron chi connectivity index (χ0n) is 10.3. The van der Waals surface area contributed by atoms with Crippen LogP contribution in [-0.4, -0.2) is 42.4 Å². The number of pyridine rings is 1. The second-order valence-electron chi connectivity index (χ2n) is 4.29. The Morgan fingerprint density at radius 2 is 2.50 bits per heavy atom. The summed E-state index contributed by atoms with van der Waals surface area (Å²) < 4.78 is 4.67. The molecule has 2 heterocycles. The number of ether oxygens (including phenoxy) is 1. The summed E-state index contributed by atoms with van der Waals surface area (Å²) in [6.45, 7) is 0.905. The minimum atomic E-state index is -0.476. The quantitative estimate of drug-likeness (QED) is 0.756. The van der Waals surface area contributed by atoms with Gasteiger partial charge in [-0.2, -0.15) is 0 Å². The molecule has 1 unspecified atom stereocenters. The Balaban J connectivity index is 2.32. The fourth-order valence-corrected chi connectivity index (χ4v) is 2.23. The van der Waals surface area contributed by atoms with Gasteiger partial charge in [-0.15, -0.1) is 0 Å². The molecule has 1 aliphatic heterocycles. The number of nitrogens with two attached hydrogens (primary N) is 1. The molecule has 0 saturated carbocycles. The molecule has 1 aromatic rings. The van der Waals surface area contributed by atoms with Crippen molar-refractivity contribution < 1.29 is 14.6 Å². The topological polar surface area (TPSA) is 88.7 Å². The molecule has 0 bridgehead atoms. The van der Waals surface area contributed by atoms with E-state index in [4.69, 9.17) is 5.73 Å². The third-order valence-electron chi connectivity index (χ3n) is 3.21. The largest absolute Gasteiger partial charge is 0.465 e. The lowest BCUT2D eigenvalue weighted by Gasteiger charge is -2.24. The van der Waals surface area contributed by atoms with Gasteiger partial charge < -0.3 is 20.5 Å². The van der Waals surface area contributed by atoms with Crippen LogP contribution in [0.3, 0.4) is 0 Å². The lowest BCUT2D eigenvalue weighted by atomic mass is 10.2. The maximum Gasteiger partial charge on any atom is 0.340 e. The van der Waals surface area contributed by atoms with Gasteiger partial charge in [0.1, 0.15) is 5.82 Å². The number of rotatable bonds is 3. The highest BCUT2D eigenvalue weighted by molar-refractivity contribution is 5.95. The molecule has 0 spiro atoms. The summed E-state index contributed by atoms with van der Waals surface area (Å²) in [4.78, 5) is 17.8. The van der Waals surface area contributed by atoms with Gasteiger partial charge in [0.05, 0.1) is 37.2 Å². The number of anilines is 2. The van der Waals surface area contributed by atoms with E-state index in [1.807, 2.05) is 4.90 Å². The minimum absolute atomic E-state index is 0.0617. The molecule has 1 saturated heterocycles. The number of nitrogen functional groups attached to an aromatic ring is 1. The van der Waals surface area contributed by atoms with E-state index >= 15 is 0 Å². The third-order valence-corrected chi connectivity index (χ3v) is 3.21. The molecule has 1 aromatic heterocycles. The van der Waals surface area contributed by atoms with Gasteiger partial charge in [0.25, 0.3) is 0 Å². The number of nitrogens with zero attached hydrogens (tertiary/aromatic N) is 2. The molecule has 0 aromatic carbocycles. The molecule has 1 atom stereocenters. The highest BCUT2D eigenvalue weighted by Crippen LogP contribution is 2.26. The number of methoxy groups -OCH3 is 1. The first-order chi connectivity index (χ1) is 8.67. The first-order valence-electron chi connectivity index (χ1n) is 5.88. The Hall–Kier alpha value is -1.82. The van der Waals surface area contributed by atoms with Crippen LogP contribution in [0.4, 0.5) is 11.5 Å². The summed E-state index contributed by atoms with van der Waals surface area (Å²) in [7, 11) is 1.31. The average Bonchev–Trinajstić information content (AvgIpc) is 2.86. The van der Waals surface area contributed by atoms with Gasteiger partial charge in [0.15, 0.2) is 0 Å². The summed E-state index contributed by atoms with van der Waals surface area (Å²) >= 11 is 0. The third kappa shape index (κ3) is 2.24. The van der Waals surface area contributed by atoms with Crippen molar-refractivity contribution in [2.24, 2.45) is 0 Å². The van der Waals surface area contributed by atoms with E-state index < -0.39 is 5.97 Å². The smallest absolute Gasteiger partial charge is 0.340 e. The zero-order valence-corrected chi connectivity index (χ0v) is 10.3. The monoisotopic (exact) mass is 251 g/mol. The molecule has 1 fully saturated rings. The zero-order chi connectivity index (χ0) is 13.1. The van der Waals surface area contributed by atoms with Crippen LogP contribution in [0.5, 0.6) is 0 Å². The molecule has 6 heteroatoms. The van der Waals surface area contributed by atoms with Gasteiger partial charge in [-0.05, 0) is 18.9 Å². The van der Waals surface area contributed by atoms with Crippen LogP contribution in [0, 0.1) is 0 Å². The molecule has 3 N–H and O–H groups in total. The number of hydrogen-bond acceptors (Lipinski definition) is 6. The van der Waals surface area contributed by atoms with Crippen LogP contribution >= 0.6 is 0 Å². The number of aromatic nitrogens is 1. The SMILES string of the molecule is COC(=O)c1cc(N2CCCC2CO)ncc1N. The maximum absolute atomic E-state index is 11.6. The van der Waals surface area contributed by atoms with Crippen molar-refractivity contribution in [2.45, 2.75) is 18.9 Å². The Kier molecular flexibility index (Phi) is 3.66. The average molecular weight is 251 g/mol. The van der Waals surface area contributed by atoms with Crippen LogP contribution in [-0.2, 0) is 4.74 Å². The van der Waals surface area contributed by atoms with E-state index in [2.05, 4.69) is 9.72 Å². The number of carbonyl (C=O) groups is 1. The Bertz CT molecular complexity index is 450. The van der Waals surface area contributed by atoms with E-state index in [1.54, 1.807) is 6.07 Å². The number of aliphatic hydroxyl groups is 1. The fraction of sp³-hybridized carbons (Fsp3) is 0.500. The minimum Gasteiger partial charge on any atom is -0.465 e. The van der Waals surface area contributed by atoms with E-state index in [0.717, 1.165) is 19.4 Å². The standard InChI is InChI=1S/C12H17N3O3/c1-18-12(17)9-5-11(14-6-10(9)13)15-4-2-3-8(15)7-16/h5-6,8,16H,2-4,7,13H2,1H3. The molecule has 6 nitrogen and oxygen atoms in total. The van der Waals surface area contributed by atoms with E-state index in [0.29, 0.717) is 17.1 Å². The van der Waals surface area contributed by atoms with Gasteiger partial charge in [-0.1, -0.05) is 0 Å². The van der Waals surface area contributed by atoms with E-state index in [-0.39, 0.29) is 12.6 Å². The number of carbonyl (C=O) groups excluding carboxylic acids is 1. The summed E-state index contributed by atoms with van der Waals surface area (Å²) in [5.74, 6) is 0.178. The molecule has 2 rings (SSSR count). The first-order valence-corrected chi connectivity index (χ1v) is 5.88. The van der Waals surface area contributed by atoms with Gasteiger partial charge in [0.2, 0.25) is 0 Å². The van der Waals surface area contributed by atoms with Crippen LogP contribution < -0.4 is 10.6 Å². The molecule has 1 aliphatic rings. The second-order valence-corrected chi connectivity index (χ2v) is 4.29. The Labute approximate surface area is 105 Å². The van der Waals surface area contributed by atoms with Crippen LogP contribution in [0.1, 0.15) is 23.2 Å². The number of esters is 1. The van der Waals surface area contributed by atoms with Crippen LogP contribution in [0.15, 0.2) is 12.3 Å². The van der Waals surface area contributed by atoms with Gasteiger partial charge in [0, 0.05) is 6.54 Å². The van der Waals surface area contributed by atoms with Crippen LogP contribution in [0.25, 0.3) is 0 Å². The summed E-state index contributed by atoms with van der Waals surface area (Å²) in [6, 6.07) is 1.68.